The number of carbonyl (C=O) groups is 2. The van der Waals surface area contributed by atoms with Crippen molar-refractivity contribution in [2.45, 2.75) is 12.3 Å². The third-order valence-corrected chi connectivity index (χ3v) is 6.54. The van der Waals surface area contributed by atoms with E-state index in [1.165, 1.54) is 11.3 Å². The van der Waals surface area contributed by atoms with Crippen molar-refractivity contribution in [3.05, 3.63) is 61.2 Å². The number of rotatable bonds is 5. The van der Waals surface area contributed by atoms with Crippen LogP contribution in [0.5, 0.6) is 0 Å². The number of nitrogens with zero attached hydrogens (tertiary/aromatic N) is 1. The summed E-state index contributed by atoms with van der Waals surface area (Å²) in [5.74, 6) is -0.682. The van der Waals surface area contributed by atoms with Crippen molar-refractivity contribution in [1.29, 1.82) is 5.26 Å². The van der Waals surface area contributed by atoms with Crippen molar-refractivity contribution in [2.75, 3.05) is 11.1 Å². The summed E-state index contributed by atoms with van der Waals surface area (Å²) < 4.78 is 0. The highest BCUT2D eigenvalue weighted by molar-refractivity contribution is 8.03. The fourth-order valence-corrected chi connectivity index (χ4v) is 4.59. The average molecular weight is 438 g/mol. The Morgan fingerprint density at radius 1 is 1.37 bits per heavy atom. The molecule has 1 aliphatic heterocycles. The van der Waals surface area contributed by atoms with Crippen molar-refractivity contribution >= 4 is 63.8 Å². The van der Waals surface area contributed by atoms with Crippen LogP contribution in [0.2, 0.25) is 10.0 Å². The number of nitrogens with one attached hydrogen (secondary N) is 2. The second kappa shape index (κ2) is 8.81. The molecule has 0 saturated carbocycles. The van der Waals surface area contributed by atoms with E-state index in [-0.39, 0.29) is 29.9 Å². The van der Waals surface area contributed by atoms with E-state index < -0.39 is 0 Å². The third-order valence-electron chi connectivity index (χ3n) is 3.79. The largest absolute Gasteiger partial charge is 0.325 e. The summed E-state index contributed by atoms with van der Waals surface area (Å²) in [6.45, 7) is 0. The van der Waals surface area contributed by atoms with E-state index in [0.29, 0.717) is 26.3 Å². The van der Waals surface area contributed by atoms with Crippen molar-refractivity contribution < 1.29 is 9.59 Å². The maximum Gasteiger partial charge on any atom is 0.234 e. The summed E-state index contributed by atoms with van der Waals surface area (Å²) in [7, 11) is 0. The molecule has 2 N–H and O–H groups in total. The van der Waals surface area contributed by atoms with Gasteiger partial charge in [-0.15, -0.1) is 11.3 Å². The predicted octanol–water partition coefficient (Wildman–Crippen LogP) is 4.77. The Morgan fingerprint density at radius 3 is 2.85 bits per heavy atom. The average Bonchev–Trinajstić information content (AvgIpc) is 3.17. The smallest absolute Gasteiger partial charge is 0.234 e. The Morgan fingerprint density at radius 2 is 2.19 bits per heavy atom. The van der Waals surface area contributed by atoms with Crippen LogP contribution < -0.4 is 10.6 Å². The number of halogens is 2. The van der Waals surface area contributed by atoms with Gasteiger partial charge in [-0.2, -0.15) is 5.26 Å². The molecule has 0 saturated heterocycles. The molecule has 2 heterocycles. The van der Waals surface area contributed by atoms with Crippen LogP contribution in [-0.2, 0) is 9.59 Å². The van der Waals surface area contributed by atoms with Gasteiger partial charge in [0, 0.05) is 22.9 Å². The Kier molecular flexibility index (Phi) is 6.45. The van der Waals surface area contributed by atoms with E-state index in [1.807, 2.05) is 17.5 Å². The molecule has 0 spiro atoms. The number of allylic oxidation sites excluding steroid dienone is 1. The van der Waals surface area contributed by atoms with Crippen LogP contribution in [0.3, 0.4) is 0 Å². The molecule has 2 amide bonds. The van der Waals surface area contributed by atoms with Crippen molar-refractivity contribution in [3.63, 3.8) is 0 Å². The zero-order valence-corrected chi connectivity index (χ0v) is 16.9. The summed E-state index contributed by atoms with van der Waals surface area (Å²) in [6.07, 6.45) is 0.225. The molecule has 3 rings (SSSR count). The van der Waals surface area contributed by atoms with E-state index in [4.69, 9.17) is 23.2 Å². The van der Waals surface area contributed by atoms with Crippen LogP contribution in [0.15, 0.2) is 46.3 Å². The first kappa shape index (κ1) is 19.8. The van der Waals surface area contributed by atoms with Gasteiger partial charge in [-0.3, -0.25) is 9.59 Å². The third kappa shape index (κ3) is 4.85. The number of thiophene rings is 1. The summed E-state index contributed by atoms with van der Waals surface area (Å²) in [6, 6.07) is 10.8. The highest BCUT2D eigenvalue weighted by Gasteiger charge is 2.30. The Labute approximate surface area is 174 Å². The Hall–Kier alpha value is -1.98. The summed E-state index contributed by atoms with van der Waals surface area (Å²) in [5, 5.41) is 18.1. The highest BCUT2D eigenvalue weighted by Crippen LogP contribution is 2.37. The summed E-state index contributed by atoms with van der Waals surface area (Å²) in [5.41, 5.74) is 0.998. The minimum atomic E-state index is -0.282. The number of anilines is 1. The second-order valence-electron chi connectivity index (χ2n) is 5.64. The first-order valence-corrected chi connectivity index (χ1v) is 10.4. The molecule has 1 atom stereocenters. The molecule has 0 fully saturated rings. The quantitative estimate of drug-likeness (QED) is 0.705. The molecule has 1 aromatic carbocycles. The van der Waals surface area contributed by atoms with Gasteiger partial charge in [0.15, 0.2) is 0 Å². The number of carbonyl (C=O) groups excluding carboxylic acids is 2. The van der Waals surface area contributed by atoms with E-state index >= 15 is 0 Å². The lowest BCUT2D eigenvalue weighted by Crippen LogP contribution is -2.31. The topological polar surface area (TPSA) is 82.0 Å². The molecule has 138 valence electrons. The van der Waals surface area contributed by atoms with Gasteiger partial charge in [-0.1, -0.05) is 41.0 Å². The van der Waals surface area contributed by atoms with Crippen LogP contribution in [0.4, 0.5) is 5.69 Å². The molecule has 27 heavy (non-hydrogen) atoms. The van der Waals surface area contributed by atoms with E-state index in [1.54, 1.807) is 18.2 Å². The minimum Gasteiger partial charge on any atom is -0.325 e. The number of thioether (sulfide) groups is 1. The van der Waals surface area contributed by atoms with E-state index in [9.17, 15) is 14.9 Å². The van der Waals surface area contributed by atoms with Gasteiger partial charge >= 0.3 is 0 Å². The van der Waals surface area contributed by atoms with Crippen molar-refractivity contribution in [2.24, 2.45) is 0 Å². The monoisotopic (exact) mass is 437 g/mol. The second-order valence-corrected chi connectivity index (χ2v) is 8.42. The van der Waals surface area contributed by atoms with E-state index in [2.05, 4.69) is 16.7 Å². The summed E-state index contributed by atoms with van der Waals surface area (Å²) in [4.78, 5) is 25.2. The molecule has 0 aliphatic carbocycles. The molecular weight excluding hydrogens is 425 g/mol. The molecule has 5 nitrogen and oxygen atoms in total. The first-order chi connectivity index (χ1) is 13.0. The van der Waals surface area contributed by atoms with Gasteiger partial charge in [0.25, 0.3) is 0 Å². The highest BCUT2D eigenvalue weighted by atomic mass is 35.5. The Balaban J connectivity index is 1.71. The number of amides is 2. The van der Waals surface area contributed by atoms with Crippen LogP contribution >= 0.6 is 46.3 Å². The maximum atomic E-state index is 12.2. The number of hydrogen-bond acceptors (Lipinski definition) is 5. The molecular formula is C18H13Cl2N3O2S2. The molecule has 1 aliphatic rings. The SMILES string of the molecule is N#CC1=C(SCC(=O)Nc2ccc(Cl)c(Cl)c2)NC(=O)C[C@@H]1c1cccs1. The lowest BCUT2D eigenvalue weighted by atomic mass is 9.93. The number of hydrogen-bond donors (Lipinski definition) is 2. The first-order valence-electron chi connectivity index (χ1n) is 7.83. The van der Waals surface area contributed by atoms with Gasteiger partial charge < -0.3 is 10.6 Å². The van der Waals surface area contributed by atoms with Crippen LogP contribution in [0, 0.1) is 11.3 Å². The van der Waals surface area contributed by atoms with Gasteiger partial charge in [0.1, 0.15) is 0 Å². The predicted molar refractivity (Wildman–Crippen MR) is 110 cm³/mol. The summed E-state index contributed by atoms with van der Waals surface area (Å²) >= 11 is 14.4. The fraction of sp³-hybridized carbons (Fsp3) is 0.167. The molecule has 9 heteroatoms. The minimum absolute atomic E-state index is 0.0399. The number of nitriles is 1. The Bertz CT molecular complexity index is 952. The number of benzene rings is 1. The molecule has 1 aromatic heterocycles. The van der Waals surface area contributed by atoms with Gasteiger partial charge in [0.05, 0.1) is 32.5 Å². The lowest BCUT2D eigenvalue weighted by Gasteiger charge is -2.23. The van der Waals surface area contributed by atoms with Gasteiger partial charge in [-0.25, -0.2) is 0 Å². The lowest BCUT2D eigenvalue weighted by molar-refractivity contribution is -0.121. The normalized spacial score (nSPS) is 16.6. The zero-order valence-electron chi connectivity index (χ0n) is 13.8. The van der Waals surface area contributed by atoms with Crippen LogP contribution in [-0.4, -0.2) is 17.6 Å². The standard InChI is InChI=1S/C18H13Cl2N3O2S2/c19-13-4-3-10(6-14(13)20)22-17(25)9-27-18-12(8-21)11(7-16(24)23-18)15-2-1-5-26-15/h1-6,11H,7,9H2,(H,22,25)(H,23,24)/t11-/m0/s1. The fourth-order valence-electron chi connectivity index (χ4n) is 2.57. The maximum absolute atomic E-state index is 12.2. The molecule has 0 radical (unpaired) electrons. The molecule has 0 unspecified atom stereocenters. The molecule has 2 aromatic rings. The van der Waals surface area contributed by atoms with Crippen LogP contribution in [0.25, 0.3) is 0 Å². The van der Waals surface area contributed by atoms with Gasteiger partial charge in [0.2, 0.25) is 11.8 Å². The van der Waals surface area contributed by atoms with Crippen molar-refractivity contribution in [3.8, 4) is 6.07 Å². The van der Waals surface area contributed by atoms with Gasteiger partial charge in [-0.05, 0) is 29.6 Å². The van der Waals surface area contributed by atoms with Crippen LogP contribution in [0.1, 0.15) is 17.2 Å². The zero-order chi connectivity index (χ0) is 19.4. The van der Waals surface area contributed by atoms with E-state index in [0.717, 1.165) is 16.6 Å². The van der Waals surface area contributed by atoms with Crippen molar-refractivity contribution in [1.82, 2.24) is 5.32 Å². The molecule has 0 bridgehead atoms.